The van der Waals surface area contributed by atoms with Gasteiger partial charge in [-0.05, 0) is 12.8 Å². The van der Waals surface area contributed by atoms with Gasteiger partial charge in [0.25, 0.3) is 0 Å². The van der Waals surface area contributed by atoms with Crippen molar-refractivity contribution in [1.82, 2.24) is 9.97 Å². The fourth-order valence-electron chi connectivity index (χ4n) is 1.98. The summed E-state index contributed by atoms with van der Waals surface area (Å²) in [6, 6.07) is 0. The number of ether oxygens (including phenoxy) is 1. The Morgan fingerprint density at radius 1 is 1.44 bits per heavy atom. The van der Waals surface area contributed by atoms with Crippen molar-refractivity contribution in [2.45, 2.75) is 19.3 Å². The second-order valence-electron chi connectivity index (χ2n) is 4.69. The Bertz CT molecular complexity index is 451. The number of hydrogen-bond acceptors (Lipinski definition) is 5. The van der Waals surface area contributed by atoms with Crippen molar-refractivity contribution in [3.05, 3.63) is 6.33 Å². The van der Waals surface area contributed by atoms with Gasteiger partial charge in [0.05, 0.1) is 6.54 Å². The summed E-state index contributed by atoms with van der Waals surface area (Å²) in [6.45, 7) is 1.43. The van der Waals surface area contributed by atoms with E-state index >= 15 is 0 Å². The molecule has 2 N–H and O–H groups in total. The van der Waals surface area contributed by atoms with E-state index in [-0.39, 0.29) is 6.54 Å². The van der Waals surface area contributed by atoms with Gasteiger partial charge in [0.2, 0.25) is 12.2 Å². The molecule has 0 spiro atoms. The number of rotatable bonds is 4. The van der Waals surface area contributed by atoms with Gasteiger partial charge in [-0.3, -0.25) is 0 Å². The van der Waals surface area contributed by atoms with Crippen LogP contribution in [0, 0.1) is 5.41 Å². The van der Waals surface area contributed by atoms with Crippen LogP contribution in [0.2, 0.25) is 0 Å². The normalized spacial score (nSPS) is 19.7. The highest BCUT2D eigenvalue weighted by Crippen LogP contribution is 2.50. The lowest BCUT2D eigenvalue weighted by Gasteiger charge is -2.21. The summed E-state index contributed by atoms with van der Waals surface area (Å²) in [6.07, 6.45) is 0.223. The van der Waals surface area contributed by atoms with Crippen LogP contribution in [0.3, 0.4) is 0 Å². The van der Waals surface area contributed by atoms with Gasteiger partial charge in [-0.15, -0.1) is 0 Å². The second-order valence-corrected chi connectivity index (χ2v) is 4.69. The van der Waals surface area contributed by atoms with Gasteiger partial charge in [-0.2, -0.15) is 0 Å². The molecule has 0 unspecified atom stereocenters. The van der Waals surface area contributed by atoms with E-state index in [0.717, 1.165) is 0 Å². The zero-order valence-electron chi connectivity index (χ0n) is 9.75. The Morgan fingerprint density at radius 3 is 3.00 bits per heavy atom. The predicted molar refractivity (Wildman–Crippen MR) is 62.2 cm³/mol. The molecule has 2 aliphatic rings. The number of fused-ring (bicyclic) bond motifs is 1. The number of hydrogen-bond donors (Lipinski definition) is 2. The number of halogens is 2. The fraction of sp³-hybridized carbons (Fsp3) is 0.636. The summed E-state index contributed by atoms with van der Waals surface area (Å²) in [7, 11) is 0. The molecule has 0 bridgehead atoms. The van der Waals surface area contributed by atoms with Crippen LogP contribution < -0.4 is 15.4 Å². The van der Waals surface area contributed by atoms with Crippen molar-refractivity contribution >= 4 is 11.6 Å². The van der Waals surface area contributed by atoms with Gasteiger partial charge in [0, 0.05) is 12.0 Å². The molecule has 1 aliphatic heterocycles. The van der Waals surface area contributed by atoms with Crippen molar-refractivity contribution in [1.29, 1.82) is 0 Å². The van der Waals surface area contributed by atoms with Gasteiger partial charge < -0.3 is 15.4 Å². The van der Waals surface area contributed by atoms with E-state index in [1.165, 1.54) is 6.33 Å². The maximum Gasteiger partial charge on any atom is 0.245 e. The molecule has 98 valence electrons. The number of nitrogens with one attached hydrogen (secondary N) is 2. The average Bonchev–Trinajstić information content (AvgIpc) is 3.17. The van der Waals surface area contributed by atoms with Crippen molar-refractivity contribution in [3.63, 3.8) is 0 Å². The van der Waals surface area contributed by atoms with E-state index in [4.69, 9.17) is 4.74 Å². The molecule has 1 aliphatic carbocycles. The van der Waals surface area contributed by atoms with Gasteiger partial charge in [0.15, 0.2) is 11.6 Å². The molecule has 1 aromatic heterocycles. The molecule has 1 fully saturated rings. The van der Waals surface area contributed by atoms with Crippen LogP contribution in [0.1, 0.15) is 12.8 Å². The smallest absolute Gasteiger partial charge is 0.245 e. The van der Waals surface area contributed by atoms with Gasteiger partial charge >= 0.3 is 0 Å². The van der Waals surface area contributed by atoms with Gasteiger partial charge in [-0.25, -0.2) is 18.7 Å². The van der Waals surface area contributed by atoms with Crippen molar-refractivity contribution in [2.75, 3.05) is 30.3 Å². The number of alkyl halides is 2. The minimum Gasteiger partial charge on any atom is -0.485 e. The number of aromatic nitrogens is 2. The first-order valence-corrected chi connectivity index (χ1v) is 5.95. The molecule has 0 aromatic carbocycles. The third-order valence-corrected chi connectivity index (χ3v) is 3.41. The Balaban J connectivity index is 1.73. The van der Waals surface area contributed by atoms with E-state index < -0.39 is 11.8 Å². The summed E-state index contributed by atoms with van der Waals surface area (Å²) in [5.74, 6) is 1.62. The van der Waals surface area contributed by atoms with Crippen LogP contribution in [0.5, 0.6) is 5.75 Å². The van der Waals surface area contributed by atoms with Crippen LogP contribution in [0.15, 0.2) is 6.33 Å². The Morgan fingerprint density at radius 2 is 2.28 bits per heavy atom. The monoisotopic (exact) mass is 256 g/mol. The van der Waals surface area contributed by atoms with E-state index in [1.807, 2.05) is 0 Å². The maximum absolute atomic E-state index is 12.8. The van der Waals surface area contributed by atoms with Crippen molar-refractivity contribution < 1.29 is 13.5 Å². The molecular formula is C11H14F2N4O. The lowest BCUT2D eigenvalue weighted by Crippen LogP contribution is -2.25. The predicted octanol–water partition coefficient (Wildman–Crippen LogP) is 1.74. The second kappa shape index (κ2) is 4.22. The highest BCUT2D eigenvalue weighted by atomic mass is 19.3. The third kappa shape index (κ3) is 1.93. The molecule has 7 heteroatoms. The molecule has 0 atom stereocenters. The largest absolute Gasteiger partial charge is 0.485 e. The quantitative estimate of drug-likeness (QED) is 0.859. The fourth-order valence-corrected chi connectivity index (χ4v) is 1.98. The SMILES string of the molecule is FC(F)C1(CNc2ncnc3c2OCCN3)CC1. The number of nitrogens with zero attached hydrogens (tertiary/aromatic N) is 2. The van der Waals surface area contributed by atoms with Crippen LogP contribution >= 0.6 is 0 Å². The summed E-state index contributed by atoms with van der Waals surface area (Å²) in [4.78, 5) is 8.09. The Labute approximate surface area is 103 Å². The van der Waals surface area contributed by atoms with Crippen LogP contribution in [0.4, 0.5) is 20.4 Å². The topological polar surface area (TPSA) is 59.1 Å². The maximum atomic E-state index is 12.8. The zero-order chi connectivity index (χ0) is 12.6. The highest BCUT2D eigenvalue weighted by Gasteiger charge is 2.50. The van der Waals surface area contributed by atoms with E-state index in [9.17, 15) is 8.78 Å². The molecule has 5 nitrogen and oxygen atoms in total. The summed E-state index contributed by atoms with van der Waals surface area (Å²) >= 11 is 0. The lowest BCUT2D eigenvalue weighted by molar-refractivity contribution is 0.0687. The van der Waals surface area contributed by atoms with E-state index in [0.29, 0.717) is 43.4 Å². The summed E-state index contributed by atoms with van der Waals surface area (Å²) in [5, 5.41) is 6.04. The van der Waals surface area contributed by atoms with Crippen LogP contribution in [0.25, 0.3) is 0 Å². The zero-order valence-corrected chi connectivity index (χ0v) is 9.75. The molecule has 2 heterocycles. The molecule has 18 heavy (non-hydrogen) atoms. The molecule has 1 aromatic rings. The molecule has 0 radical (unpaired) electrons. The minimum atomic E-state index is -2.29. The Hall–Kier alpha value is -1.66. The Kier molecular flexibility index (Phi) is 2.68. The first kappa shape index (κ1) is 11.4. The van der Waals surface area contributed by atoms with Crippen molar-refractivity contribution in [2.24, 2.45) is 5.41 Å². The minimum absolute atomic E-state index is 0.220. The third-order valence-electron chi connectivity index (χ3n) is 3.41. The first-order valence-electron chi connectivity index (χ1n) is 5.95. The van der Waals surface area contributed by atoms with Gasteiger partial charge in [-0.1, -0.05) is 0 Å². The standard InChI is InChI=1S/C11H14F2N4O/c12-10(13)11(1-2-11)5-15-9-7-8(16-6-17-9)14-3-4-18-7/h6,10H,1-5H2,(H2,14,15,16,17). The molecule has 0 saturated heterocycles. The van der Waals surface area contributed by atoms with Crippen LogP contribution in [-0.2, 0) is 0 Å². The molecule has 1 saturated carbocycles. The summed E-state index contributed by atoms with van der Waals surface area (Å²) in [5.41, 5.74) is -0.875. The van der Waals surface area contributed by atoms with E-state index in [2.05, 4.69) is 20.6 Å². The van der Waals surface area contributed by atoms with Crippen molar-refractivity contribution in [3.8, 4) is 5.75 Å². The highest BCUT2D eigenvalue weighted by molar-refractivity contribution is 5.64. The molecule has 3 rings (SSSR count). The lowest BCUT2D eigenvalue weighted by atomic mass is 10.1. The van der Waals surface area contributed by atoms with Crippen LogP contribution in [-0.4, -0.2) is 36.1 Å². The number of anilines is 2. The summed E-state index contributed by atoms with van der Waals surface area (Å²) < 4.78 is 31.1. The molecular weight excluding hydrogens is 242 g/mol. The van der Waals surface area contributed by atoms with E-state index in [1.54, 1.807) is 0 Å². The molecule has 0 amide bonds. The average molecular weight is 256 g/mol. The van der Waals surface area contributed by atoms with Gasteiger partial charge in [0.1, 0.15) is 12.9 Å². The first-order chi connectivity index (χ1) is 8.71.